The summed E-state index contributed by atoms with van der Waals surface area (Å²) >= 11 is 0. The molecule has 0 aromatic heterocycles. The van der Waals surface area contributed by atoms with Gasteiger partial charge >= 0.3 is 5.97 Å². The van der Waals surface area contributed by atoms with Crippen molar-refractivity contribution in [3.8, 4) is 11.1 Å². The van der Waals surface area contributed by atoms with Crippen LogP contribution >= 0.6 is 0 Å². The molecule has 0 N–H and O–H groups in total. The third-order valence-corrected chi connectivity index (χ3v) is 4.45. The lowest BCUT2D eigenvalue weighted by atomic mass is 10.1. The first-order valence-electron chi connectivity index (χ1n) is 8.84. The molecule has 3 aliphatic rings. The highest BCUT2D eigenvalue weighted by molar-refractivity contribution is 6.00. The van der Waals surface area contributed by atoms with Gasteiger partial charge in [0.15, 0.2) is 0 Å². The van der Waals surface area contributed by atoms with Gasteiger partial charge < -0.3 is 4.74 Å². The number of esters is 1. The number of cyclic esters (lactones) is 1. The van der Waals surface area contributed by atoms with E-state index in [-0.39, 0.29) is 5.97 Å². The molecular formula is C25H22O2. The van der Waals surface area contributed by atoms with Crippen LogP contribution in [0.3, 0.4) is 0 Å². The van der Waals surface area contributed by atoms with Crippen LogP contribution < -0.4 is 0 Å². The standard InChI is InChI=1S/C14H10.C6H6.C5H6O2/c1-10-11-6-2-4-8-13(11)14-9-5-3-7-12(10)14;1-6-4-2-3-5-6;1-4-2-3-7-5(4)6/h2-9H,1H2;2-5H,1H2;1-3H2. The van der Waals surface area contributed by atoms with E-state index >= 15 is 0 Å². The molecule has 2 nitrogen and oxygen atoms in total. The van der Waals surface area contributed by atoms with Gasteiger partial charge in [0.25, 0.3) is 0 Å². The van der Waals surface area contributed by atoms with Crippen LogP contribution in [0, 0.1) is 0 Å². The van der Waals surface area contributed by atoms with Gasteiger partial charge in [0.2, 0.25) is 0 Å². The molecule has 2 heteroatoms. The number of fused-ring (bicyclic) bond motifs is 3. The Bertz CT molecular complexity index is 898. The van der Waals surface area contributed by atoms with E-state index in [9.17, 15) is 4.79 Å². The monoisotopic (exact) mass is 354 g/mol. The zero-order valence-electron chi connectivity index (χ0n) is 15.3. The lowest BCUT2D eigenvalue weighted by molar-refractivity contribution is -0.135. The molecule has 0 saturated carbocycles. The van der Waals surface area contributed by atoms with Crippen molar-refractivity contribution in [3.05, 3.63) is 115 Å². The van der Waals surface area contributed by atoms with Crippen molar-refractivity contribution in [3.63, 3.8) is 0 Å². The molecule has 1 saturated heterocycles. The summed E-state index contributed by atoms with van der Waals surface area (Å²) in [5, 5.41) is 0. The molecule has 2 aliphatic carbocycles. The first kappa shape index (κ1) is 18.4. The zero-order valence-corrected chi connectivity index (χ0v) is 15.3. The third kappa shape index (κ3) is 4.24. The Morgan fingerprint density at radius 3 is 1.52 bits per heavy atom. The number of ether oxygens (including phenoxy) is 1. The molecule has 134 valence electrons. The van der Waals surface area contributed by atoms with Crippen molar-refractivity contribution in [2.45, 2.75) is 6.42 Å². The van der Waals surface area contributed by atoms with Gasteiger partial charge in [-0.1, -0.05) is 92.6 Å². The van der Waals surface area contributed by atoms with E-state index in [2.05, 4.69) is 73.0 Å². The summed E-state index contributed by atoms with van der Waals surface area (Å²) in [4.78, 5) is 10.3. The van der Waals surface area contributed by atoms with Crippen LogP contribution in [-0.2, 0) is 9.53 Å². The molecule has 1 heterocycles. The summed E-state index contributed by atoms with van der Waals surface area (Å²) < 4.78 is 4.53. The molecule has 2 aromatic carbocycles. The Labute approximate surface area is 160 Å². The fourth-order valence-corrected chi connectivity index (χ4v) is 2.99. The van der Waals surface area contributed by atoms with E-state index in [1.54, 1.807) is 0 Å². The SMILES string of the molecule is C=C1C=CC=C1.C=C1CCOC1=O.C=C1c2ccccc2-c2ccccc21. The second-order valence-electron chi connectivity index (χ2n) is 6.35. The summed E-state index contributed by atoms with van der Waals surface area (Å²) in [6, 6.07) is 16.9. The highest BCUT2D eigenvalue weighted by atomic mass is 16.5. The molecule has 0 atom stereocenters. The topological polar surface area (TPSA) is 26.3 Å². The minimum absolute atomic E-state index is 0.236. The molecule has 0 bridgehead atoms. The van der Waals surface area contributed by atoms with Gasteiger partial charge in [0, 0.05) is 12.0 Å². The molecule has 2 aromatic rings. The molecule has 1 aliphatic heterocycles. The van der Waals surface area contributed by atoms with E-state index in [1.165, 1.54) is 22.3 Å². The Hall–Kier alpha value is -3.39. The van der Waals surface area contributed by atoms with Crippen molar-refractivity contribution in [2.24, 2.45) is 0 Å². The summed E-state index contributed by atoms with van der Waals surface area (Å²) in [6.07, 6.45) is 8.60. The van der Waals surface area contributed by atoms with Gasteiger partial charge in [-0.2, -0.15) is 0 Å². The molecule has 5 rings (SSSR count). The minimum atomic E-state index is -0.236. The van der Waals surface area contributed by atoms with Crippen LogP contribution in [0.5, 0.6) is 0 Å². The van der Waals surface area contributed by atoms with Gasteiger partial charge in [-0.3, -0.25) is 0 Å². The lowest BCUT2D eigenvalue weighted by Gasteiger charge is -1.97. The maximum absolute atomic E-state index is 10.3. The summed E-state index contributed by atoms with van der Waals surface area (Å²) in [7, 11) is 0. The van der Waals surface area contributed by atoms with E-state index < -0.39 is 0 Å². The highest BCUT2D eigenvalue weighted by Gasteiger charge is 2.19. The number of hydrogen-bond donors (Lipinski definition) is 0. The van der Waals surface area contributed by atoms with Crippen LogP contribution in [0.1, 0.15) is 17.5 Å². The number of benzene rings is 2. The Balaban J connectivity index is 0.000000135. The van der Waals surface area contributed by atoms with Crippen LogP contribution in [0.15, 0.2) is 104 Å². The minimum Gasteiger partial charge on any atom is -0.462 e. The highest BCUT2D eigenvalue weighted by Crippen LogP contribution is 2.42. The molecule has 0 radical (unpaired) electrons. The average Bonchev–Trinajstić information content (AvgIpc) is 3.39. The molecular weight excluding hydrogens is 332 g/mol. The number of carbonyl (C=O) groups excluding carboxylic acids is 1. The van der Waals surface area contributed by atoms with Crippen molar-refractivity contribution in [1.82, 2.24) is 0 Å². The first-order chi connectivity index (χ1) is 13.1. The lowest BCUT2D eigenvalue weighted by Crippen LogP contribution is -1.91. The smallest absolute Gasteiger partial charge is 0.333 e. The second kappa shape index (κ2) is 8.33. The average molecular weight is 354 g/mol. The van der Waals surface area contributed by atoms with Crippen molar-refractivity contribution in [2.75, 3.05) is 6.61 Å². The fraction of sp³-hybridized carbons (Fsp3) is 0.0800. The van der Waals surface area contributed by atoms with Crippen LogP contribution in [-0.4, -0.2) is 12.6 Å². The van der Waals surface area contributed by atoms with Crippen molar-refractivity contribution in [1.29, 1.82) is 0 Å². The van der Waals surface area contributed by atoms with Gasteiger partial charge in [-0.05, 0) is 33.4 Å². The zero-order chi connectivity index (χ0) is 19.2. The molecule has 0 unspecified atom stereocenters. The van der Waals surface area contributed by atoms with Crippen molar-refractivity contribution >= 4 is 11.5 Å². The van der Waals surface area contributed by atoms with Crippen LogP contribution in [0.25, 0.3) is 16.7 Å². The normalized spacial score (nSPS) is 15.4. The Kier molecular flexibility index (Phi) is 5.68. The second-order valence-corrected chi connectivity index (χ2v) is 6.35. The molecule has 0 amide bonds. The van der Waals surface area contributed by atoms with Gasteiger partial charge in [0.1, 0.15) is 0 Å². The largest absolute Gasteiger partial charge is 0.462 e. The maximum atomic E-state index is 10.3. The van der Waals surface area contributed by atoms with Gasteiger partial charge in [-0.25, -0.2) is 4.79 Å². The summed E-state index contributed by atoms with van der Waals surface area (Å²) in [6.45, 7) is 11.8. The maximum Gasteiger partial charge on any atom is 0.333 e. The van der Waals surface area contributed by atoms with E-state index in [4.69, 9.17) is 0 Å². The third-order valence-electron chi connectivity index (χ3n) is 4.45. The number of carbonyl (C=O) groups is 1. The molecule has 1 fully saturated rings. The number of hydrogen-bond acceptors (Lipinski definition) is 2. The molecule has 0 spiro atoms. The van der Waals surface area contributed by atoms with E-state index in [0.717, 1.165) is 11.1 Å². The Morgan fingerprint density at radius 2 is 1.22 bits per heavy atom. The predicted octanol–water partition coefficient (Wildman–Crippen LogP) is 5.89. The molecule has 27 heavy (non-hydrogen) atoms. The van der Waals surface area contributed by atoms with Crippen LogP contribution in [0.2, 0.25) is 0 Å². The first-order valence-corrected chi connectivity index (χ1v) is 8.84. The van der Waals surface area contributed by atoms with E-state index in [1.807, 2.05) is 24.3 Å². The summed E-state index contributed by atoms with van der Waals surface area (Å²) in [5.41, 5.74) is 8.01. The van der Waals surface area contributed by atoms with Crippen LogP contribution in [0.4, 0.5) is 0 Å². The predicted molar refractivity (Wildman–Crippen MR) is 112 cm³/mol. The number of allylic oxidation sites excluding steroid dienone is 5. The van der Waals surface area contributed by atoms with E-state index in [0.29, 0.717) is 18.6 Å². The van der Waals surface area contributed by atoms with Gasteiger partial charge in [-0.15, -0.1) is 0 Å². The quantitative estimate of drug-likeness (QED) is 0.372. The van der Waals surface area contributed by atoms with Gasteiger partial charge in [0.05, 0.1) is 6.61 Å². The fourth-order valence-electron chi connectivity index (χ4n) is 2.99. The Morgan fingerprint density at radius 1 is 0.741 bits per heavy atom. The number of rotatable bonds is 0. The summed E-state index contributed by atoms with van der Waals surface area (Å²) in [5.74, 6) is -0.236. The van der Waals surface area contributed by atoms with Crippen molar-refractivity contribution < 1.29 is 9.53 Å².